The molecular formula is C19H12N4O4. The van der Waals surface area contributed by atoms with Gasteiger partial charge in [0.2, 0.25) is 11.6 Å². The summed E-state index contributed by atoms with van der Waals surface area (Å²) in [6, 6.07) is 13.1. The van der Waals surface area contributed by atoms with E-state index in [9.17, 15) is 15.2 Å². The largest absolute Gasteiger partial charge is 0.502 e. The zero-order valence-corrected chi connectivity index (χ0v) is 13.8. The van der Waals surface area contributed by atoms with E-state index in [0.717, 1.165) is 5.56 Å². The van der Waals surface area contributed by atoms with Crippen LogP contribution in [0.4, 0.5) is 11.4 Å². The molecule has 2 aromatic heterocycles. The van der Waals surface area contributed by atoms with Gasteiger partial charge in [-0.15, -0.1) is 0 Å². The first-order valence-corrected chi connectivity index (χ1v) is 7.93. The molecule has 0 unspecified atom stereocenters. The molecule has 0 amide bonds. The normalized spacial score (nSPS) is 11.3. The second kappa shape index (κ2) is 6.68. The van der Waals surface area contributed by atoms with E-state index in [-0.39, 0.29) is 11.3 Å². The van der Waals surface area contributed by atoms with Crippen LogP contribution in [-0.4, -0.2) is 26.2 Å². The van der Waals surface area contributed by atoms with Gasteiger partial charge in [0, 0.05) is 35.8 Å². The number of phenols is 1. The molecule has 132 valence electrons. The SMILES string of the molecule is O=[N+]([O-])c1cccc(C=Nc2ccc3oc(-c4ccncc4)nc3c2)c1O. The Morgan fingerprint density at radius 2 is 1.96 bits per heavy atom. The second-order valence-electron chi connectivity index (χ2n) is 5.64. The van der Waals surface area contributed by atoms with Gasteiger partial charge in [-0.3, -0.25) is 20.1 Å². The molecule has 0 saturated carbocycles. The summed E-state index contributed by atoms with van der Waals surface area (Å²) < 4.78 is 5.73. The van der Waals surface area contributed by atoms with Gasteiger partial charge in [-0.05, 0) is 36.4 Å². The predicted molar refractivity (Wildman–Crippen MR) is 99.3 cm³/mol. The van der Waals surface area contributed by atoms with Gasteiger partial charge in [0.1, 0.15) is 5.52 Å². The minimum Gasteiger partial charge on any atom is -0.502 e. The number of pyridine rings is 1. The van der Waals surface area contributed by atoms with E-state index in [1.807, 2.05) is 0 Å². The van der Waals surface area contributed by atoms with Crippen molar-refractivity contribution in [2.24, 2.45) is 4.99 Å². The maximum atomic E-state index is 10.9. The van der Waals surface area contributed by atoms with Gasteiger partial charge in [-0.2, -0.15) is 0 Å². The first-order chi connectivity index (χ1) is 13.1. The van der Waals surface area contributed by atoms with Gasteiger partial charge in [0.05, 0.1) is 10.6 Å². The lowest BCUT2D eigenvalue weighted by Crippen LogP contribution is -1.91. The molecule has 0 fully saturated rings. The van der Waals surface area contributed by atoms with Gasteiger partial charge in [-0.1, -0.05) is 6.07 Å². The molecule has 8 nitrogen and oxygen atoms in total. The number of para-hydroxylation sites is 1. The van der Waals surface area contributed by atoms with Crippen molar-refractivity contribution < 1.29 is 14.4 Å². The van der Waals surface area contributed by atoms with Crippen LogP contribution in [0, 0.1) is 10.1 Å². The van der Waals surface area contributed by atoms with E-state index in [1.165, 1.54) is 18.3 Å². The van der Waals surface area contributed by atoms with E-state index < -0.39 is 10.7 Å². The van der Waals surface area contributed by atoms with Crippen LogP contribution in [0.15, 0.2) is 70.3 Å². The Balaban J connectivity index is 1.66. The third kappa shape index (κ3) is 3.23. The van der Waals surface area contributed by atoms with Crippen molar-refractivity contribution in [2.45, 2.75) is 0 Å². The minimum atomic E-state index is -0.644. The van der Waals surface area contributed by atoms with E-state index >= 15 is 0 Å². The van der Waals surface area contributed by atoms with Crippen LogP contribution in [0.1, 0.15) is 5.56 Å². The Kier molecular flexibility index (Phi) is 4.06. The molecule has 4 rings (SSSR count). The predicted octanol–water partition coefficient (Wildman–Crippen LogP) is 4.25. The highest BCUT2D eigenvalue weighted by atomic mass is 16.6. The molecule has 0 radical (unpaired) electrons. The summed E-state index contributed by atoms with van der Waals surface area (Å²) in [4.78, 5) is 22.9. The fourth-order valence-corrected chi connectivity index (χ4v) is 2.56. The molecule has 0 aliphatic heterocycles. The Bertz CT molecular complexity index is 1170. The van der Waals surface area contributed by atoms with E-state index in [0.29, 0.717) is 22.7 Å². The average molecular weight is 360 g/mol. The molecule has 0 aliphatic carbocycles. The number of phenolic OH excluding ortho intramolecular Hbond substituents is 1. The smallest absolute Gasteiger partial charge is 0.311 e. The van der Waals surface area contributed by atoms with Crippen molar-refractivity contribution >= 4 is 28.7 Å². The third-order valence-electron chi connectivity index (χ3n) is 3.89. The van der Waals surface area contributed by atoms with Crippen molar-refractivity contribution in [1.29, 1.82) is 0 Å². The highest BCUT2D eigenvalue weighted by Crippen LogP contribution is 2.29. The molecular weight excluding hydrogens is 348 g/mol. The highest BCUT2D eigenvalue weighted by Gasteiger charge is 2.15. The number of nitro benzene ring substituents is 1. The maximum Gasteiger partial charge on any atom is 0.311 e. The topological polar surface area (TPSA) is 115 Å². The third-order valence-corrected chi connectivity index (χ3v) is 3.89. The van der Waals surface area contributed by atoms with Crippen molar-refractivity contribution in [3.05, 3.63) is 76.6 Å². The molecule has 27 heavy (non-hydrogen) atoms. The first kappa shape index (κ1) is 16.4. The number of hydrogen-bond acceptors (Lipinski definition) is 7. The van der Waals surface area contributed by atoms with Crippen LogP contribution >= 0.6 is 0 Å². The Morgan fingerprint density at radius 1 is 1.15 bits per heavy atom. The number of aromatic nitrogens is 2. The number of benzene rings is 2. The summed E-state index contributed by atoms with van der Waals surface area (Å²) in [6.07, 6.45) is 4.68. The van der Waals surface area contributed by atoms with Crippen LogP contribution < -0.4 is 0 Å². The number of nitrogens with zero attached hydrogens (tertiary/aromatic N) is 4. The molecule has 0 spiro atoms. The number of fused-ring (bicyclic) bond motifs is 1. The zero-order valence-electron chi connectivity index (χ0n) is 13.8. The Hall–Kier alpha value is -4.07. The number of rotatable bonds is 4. The first-order valence-electron chi connectivity index (χ1n) is 7.93. The summed E-state index contributed by atoms with van der Waals surface area (Å²) >= 11 is 0. The van der Waals surface area contributed by atoms with Crippen LogP contribution in [0.25, 0.3) is 22.6 Å². The highest BCUT2D eigenvalue weighted by molar-refractivity contribution is 5.88. The minimum absolute atomic E-state index is 0.252. The fraction of sp³-hybridized carbons (Fsp3) is 0. The van der Waals surface area contributed by atoms with E-state index in [4.69, 9.17) is 4.42 Å². The molecule has 0 aliphatic rings. The zero-order chi connectivity index (χ0) is 18.8. The molecule has 2 aromatic carbocycles. The number of aromatic hydroxyl groups is 1. The lowest BCUT2D eigenvalue weighted by molar-refractivity contribution is -0.385. The van der Waals surface area contributed by atoms with Crippen LogP contribution in [0.3, 0.4) is 0 Å². The van der Waals surface area contributed by atoms with Gasteiger partial charge in [-0.25, -0.2) is 4.98 Å². The second-order valence-corrected chi connectivity index (χ2v) is 5.64. The van der Waals surface area contributed by atoms with Gasteiger partial charge in [0.15, 0.2) is 5.58 Å². The molecule has 8 heteroatoms. The summed E-state index contributed by atoms with van der Waals surface area (Å²) in [5.74, 6) is 0.0543. The number of aliphatic imine (C=N–C) groups is 1. The molecule has 0 saturated heterocycles. The lowest BCUT2D eigenvalue weighted by atomic mass is 10.2. The molecule has 0 bridgehead atoms. The maximum absolute atomic E-state index is 10.9. The Labute approximate surface area is 152 Å². The summed E-state index contributed by atoms with van der Waals surface area (Å²) in [5, 5.41) is 20.9. The van der Waals surface area contributed by atoms with Crippen molar-refractivity contribution in [1.82, 2.24) is 9.97 Å². The van der Waals surface area contributed by atoms with Crippen LogP contribution in [0.5, 0.6) is 5.75 Å². The number of hydrogen-bond donors (Lipinski definition) is 1. The quantitative estimate of drug-likeness (QED) is 0.330. The number of nitro groups is 1. The van der Waals surface area contributed by atoms with Crippen LogP contribution in [-0.2, 0) is 0 Å². The lowest BCUT2D eigenvalue weighted by Gasteiger charge is -1.99. The molecule has 2 heterocycles. The molecule has 4 aromatic rings. The number of oxazole rings is 1. The van der Waals surface area contributed by atoms with E-state index in [1.54, 1.807) is 48.8 Å². The van der Waals surface area contributed by atoms with Crippen molar-refractivity contribution in [3.63, 3.8) is 0 Å². The fourth-order valence-electron chi connectivity index (χ4n) is 2.56. The standard InChI is InChI=1S/C19H12N4O4/c24-18-13(2-1-3-16(18)23(25)26)11-21-14-4-5-17-15(10-14)22-19(27-17)12-6-8-20-9-7-12/h1-11,24H. The van der Waals surface area contributed by atoms with Crippen LogP contribution in [0.2, 0.25) is 0 Å². The monoisotopic (exact) mass is 360 g/mol. The van der Waals surface area contributed by atoms with Crippen molar-refractivity contribution in [2.75, 3.05) is 0 Å². The Morgan fingerprint density at radius 3 is 2.74 bits per heavy atom. The van der Waals surface area contributed by atoms with Crippen molar-refractivity contribution in [3.8, 4) is 17.2 Å². The van der Waals surface area contributed by atoms with Gasteiger partial charge in [0.25, 0.3) is 0 Å². The average Bonchev–Trinajstić information content (AvgIpc) is 3.11. The van der Waals surface area contributed by atoms with Gasteiger partial charge < -0.3 is 9.52 Å². The summed E-state index contributed by atoms with van der Waals surface area (Å²) in [7, 11) is 0. The molecule has 0 atom stereocenters. The van der Waals surface area contributed by atoms with E-state index in [2.05, 4.69) is 15.0 Å². The van der Waals surface area contributed by atoms with Gasteiger partial charge >= 0.3 is 5.69 Å². The molecule has 1 N–H and O–H groups in total. The summed E-state index contributed by atoms with van der Waals surface area (Å²) in [6.45, 7) is 0. The summed E-state index contributed by atoms with van der Waals surface area (Å²) in [5.41, 5.74) is 2.50.